The molecule has 0 unspecified atom stereocenters. The smallest absolute Gasteiger partial charge is 0.0999 e. The van der Waals surface area contributed by atoms with E-state index in [1.165, 1.54) is 16.7 Å². The first-order valence-electron chi connectivity index (χ1n) is 3.59. The van der Waals surface area contributed by atoms with Crippen molar-refractivity contribution in [3.05, 3.63) is 34.9 Å². The number of benzene rings is 1. The van der Waals surface area contributed by atoms with Crippen LogP contribution in [-0.2, 0) is 6.54 Å². The first kappa shape index (κ1) is 10.5. The van der Waals surface area contributed by atoms with Gasteiger partial charge < -0.3 is 18.1 Å². The van der Waals surface area contributed by atoms with Crippen LogP contribution in [0, 0.1) is 13.8 Å². The minimum atomic E-state index is 0. The Labute approximate surface area is 74.0 Å². The van der Waals surface area contributed by atoms with Gasteiger partial charge >= 0.3 is 0 Å². The van der Waals surface area contributed by atoms with Crippen LogP contribution >= 0.6 is 0 Å². The first-order valence-corrected chi connectivity index (χ1v) is 3.59. The van der Waals surface area contributed by atoms with Crippen molar-refractivity contribution in [2.45, 2.75) is 20.4 Å². The van der Waals surface area contributed by atoms with Crippen LogP contribution in [-0.4, -0.2) is 0 Å². The molecule has 0 bridgehead atoms. The minimum absolute atomic E-state index is 0. The first-order chi connectivity index (χ1) is 4.74. The van der Waals surface area contributed by atoms with Crippen molar-refractivity contribution >= 4 is 0 Å². The lowest BCUT2D eigenvalue weighted by atomic mass is 10.1. The lowest BCUT2D eigenvalue weighted by Crippen LogP contribution is -3.00. The third kappa shape index (κ3) is 2.52. The molecule has 1 nitrogen and oxygen atoms in total. The van der Waals surface area contributed by atoms with Crippen LogP contribution in [0.5, 0.6) is 0 Å². The van der Waals surface area contributed by atoms with Gasteiger partial charge in [-0.3, -0.25) is 0 Å². The third-order valence-corrected chi connectivity index (χ3v) is 1.77. The van der Waals surface area contributed by atoms with Crippen LogP contribution in [0.15, 0.2) is 18.2 Å². The van der Waals surface area contributed by atoms with Gasteiger partial charge in [-0.05, 0) is 19.4 Å². The van der Waals surface area contributed by atoms with E-state index in [2.05, 4.69) is 37.8 Å². The molecule has 2 heteroatoms. The summed E-state index contributed by atoms with van der Waals surface area (Å²) in [5, 5.41) is 0. The molecule has 0 saturated carbocycles. The molecule has 11 heavy (non-hydrogen) atoms. The predicted molar refractivity (Wildman–Crippen MR) is 42.5 cm³/mol. The SMILES string of the molecule is Cc1ccc(C[NH3+])c(C)c1.[Cl-]. The summed E-state index contributed by atoms with van der Waals surface area (Å²) in [6.07, 6.45) is 0. The molecule has 0 aliphatic rings. The molecule has 0 radical (unpaired) electrons. The molecule has 0 fully saturated rings. The number of hydrogen-bond acceptors (Lipinski definition) is 0. The zero-order valence-electron chi connectivity index (χ0n) is 7.02. The Morgan fingerprint density at radius 1 is 1.27 bits per heavy atom. The average molecular weight is 172 g/mol. The maximum atomic E-state index is 3.85. The van der Waals surface area contributed by atoms with E-state index in [1.807, 2.05) is 0 Å². The largest absolute Gasteiger partial charge is 1.00 e. The second kappa shape index (κ2) is 4.37. The van der Waals surface area contributed by atoms with E-state index < -0.39 is 0 Å². The van der Waals surface area contributed by atoms with Crippen molar-refractivity contribution in [1.82, 2.24) is 0 Å². The van der Waals surface area contributed by atoms with Crippen molar-refractivity contribution < 1.29 is 18.1 Å². The van der Waals surface area contributed by atoms with Crippen molar-refractivity contribution in [2.75, 3.05) is 0 Å². The highest BCUT2D eigenvalue weighted by atomic mass is 35.5. The quantitative estimate of drug-likeness (QED) is 0.509. The Hall–Kier alpha value is -0.530. The molecule has 1 aromatic carbocycles. The number of halogens is 1. The van der Waals surface area contributed by atoms with E-state index in [9.17, 15) is 0 Å². The number of quaternary nitrogens is 1. The molecule has 3 N–H and O–H groups in total. The highest BCUT2D eigenvalue weighted by Crippen LogP contribution is 2.08. The van der Waals surface area contributed by atoms with Crippen LogP contribution in [0.3, 0.4) is 0 Å². The van der Waals surface area contributed by atoms with Crippen molar-refractivity contribution in [1.29, 1.82) is 0 Å². The summed E-state index contributed by atoms with van der Waals surface area (Å²) < 4.78 is 0. The normalized spacial score (nSPS) is 9.00. The van der Waals surface area contributed by atoms with E-state index in [4.69, 9.17) is 0 Å². The topological polar surface area (TPSA) is 27.6 Å². The van der Waals surface area contributed by atoms with Gasteiger partial charge in [-0.15, -0.1) is 0 Å². The van der Waals surface area contributed by atoms with Crippen LogP contribution in [0.4, 0.5) is 0 Å². The second-order valence-corrected chi connectivity index (χ2v) is 2.68. The highest BCUT2D eigenvalue weighted by molar-refractivity contribution is 5.29. The second-order valence-electron chi connectivity index (χ2n) is 2.68. The van der Waals surface area contributed by atoms with Gasteiger partial charge in [-0.1, -0.05) is 23.8 Å². The molecule has 0 heterocycles. The summed E-state index contributed by atoms with van der Waals surface area (Å²) >= 11 is 0. The maximum Gasteiger partial charge on any atom is 0.0999 e. The van der Waals surface area contributed by atoms with Gasteiger partial charge in [0.05, 0.1) is 6.54 Å². The molecule has 0 aromatic heterocycles. The fraction of sp³-hybridized carbons (Fsp3) is 0.333. The Balaban J connectivity index is 0.000001000. The lowest BCUT2D eigenvalue weighted by Gasteiger charge is -2.00. The summed E-state index contributed by atoms with van der Waals surface area (Å²) in [6, 6.07) is 6.48. The average Bonchev–Trinajstić information content (AvgIpc) is 1.88. The van der Waals surface area contributed by atoms with E-state index in [0.717, 1.165) is 6.54 Å². The van der Waals surface area contributed by atoms with Crippen molar-refractivity contribution in [3.63, 3.8) is 0 Å². The summed E-state index contributed by atoms with van der Waals surface area (Å²) in [6.45, 7) is 5.14. The molecule has 0 amide bonds. The summed E-state index contributed by atoms with van der Waals surface area (Å²) in [4.78, 5) is 0. The van der Waals surface area contributed by atoms with Gasteiger partial charge in [0.15, 0.2) is 0 Å². The Bertz CT molecular complexity index is 233. The van der Waals surface area contributed by atoms with Crippen LogP contribution in [0.1, 0.15) is 16.7 Å². The van der Waals surface area contributed by atoms with E-state index in [1.54, 1.807) is 0 Å². The summed E-state index contributed by atoms with van der Waals surface area (Å²) in [5.41, 5.74) is 7.88. The fourth-order valence-electron chi connectivity index (χ4n) is 1.13. The van der Waals surface area contributed by atoms with Crippen LogP contribution < -0.4 is 18.1 Å². The Morgan fingerprint density at radius 3 is 2.36 bits per heavy atom. The van der Waals surface area contributed by atoms with Crippen molar-refractivity contribution in [2.24, 2.45) is 0 Å². The number of hydrogen-bond donors (Lipinski definition) is 1. The zero-order valence-corrected chi connectivity index (χ0v) is 7.78. The molecule has 1 rings (SSSR count). The predicted octanol–water partition coefficient (Wildman–Crippen LogP) is -1.95. The van der Waals surface area contributed by atoms with Crippen LogP contribution in [0.2, 0.25) is 0 Å². The van der Waals surface area contributed by atoms with Gasteiger partial charge in [-0.2, -0.15) is 0 Å². The highest BCUT2D eigenvalue weighted by Gasteiger charge is 1.95. The zero-order chi connectivity index (χ0) is 7.56. The molecule has 1 aromatic rings. The van der Waals surface area contributed by atoms with E-state index >= 15 is 0 Å². The summed E-state index contributed by atoms with van der Waals surface area (Å²) in [5.74, 6) is 0. The summed E-state index contributed by atoms with van der Waals surface area (Å²) in [7, 11) is 0. The molecule has 62 valence electrons. The van der Waals surface area contributed by atoms with Gasteiger partial charge in [0.25, 0.3) is 0 Å². The fourth-order valence-corrected chi connectivity index (χ4v) is 1.13. The van der Waals surface area contributed by atoms with Gasteiger partial charge in [-0.25, -0.2) is 0 Å². The standard InChI is InChI=1S/C9H13N.ClH/c1-7-3-4-9(6-10)8(2)5-7;/h3-5H,6,10H2,1-2H3;1H. The Morgan fingerprint density at radius 2 is 1.91 bits per heavy atom. The van der Waals surface area contributed by atoms with Gasteiger partial charge in [0.1, 0.15) is 0 Å². The molecule has 0 spiro atoms. The molecule has 0 atom stereocenters. The van der Waals surface area contributed by atoms with Gasteiger partial charge in [0.2, 0.25) is 0 Å². The molecule has 0 aliphatic heterocycles. The molecule has 0 saturated heterocycles. The van der Waals surface area contributed by atoms with Gasteiger partial charge in [0, 0.05) is 5.56 Å². The van der Waals surface area contributed by atoms with E-state index in [0.29, 0.717) is 0 Å². The molecular weight excluding hydrogens is 158 g/mol. The lowest BCUT2D eigenvalue weighted by molar-refractivity contribution is -0.386. The minimum Gasteiger partial charge on any atom is -1.00 e. The van der Waals surface area contributed by atoms with Crippen molar-refractivity contribution in [3.8, 4) is 0 Å². The van der Waals surface area contributed by atoms with E-state index in [-0.39, 0.29) is 12.4 Å². The number of aryl methyl sites for hydroxylation is 2. The molecular formula is C9H14ClN. The number of rotatable bonds is 1. The monoisotopic (exact) mass is 171 g/mol. The Kier molecular flexibility index (Phi) is 4.16. The maximum absolute atomic E-state index is 3.85. The third-order valence-electron chi connectivity index (χ3n) is 1.77. The van der Waals surface area contributed by atoms with Crippen LogP contribution in [0.25, 0.3) is 0 Å². The molecule has 0 aliphatic carbocycles.